The highest BCUT2D eigenvalue weighted by Crippen LogP contribution is 2.44. The summed E-state index contributed by atoms with van der Waals surface area (Å²) >= 11 is 0. The number of carbonyl (C=O) groups is 5. The molecule has 45 heavy (non-hydrogen) atoms. The Morgan fingerprint density at radius 3 is 1.98 bits per heavy atom. The Labute approximate surface area is 261 Å². The lowest BCUT2D eigenvalue weighted by atomic mass is 9.98. The molecule has 4 rings (SSSR count). The largest absolute Gasteiger partial charge is 0.449 e. The number of alkyl carbamates (subject to hydrolysis) is 1. The zero-order valence-electron chi connectivity index (χ0n) is 25.7. The molecule has 0 heterocycles. The first kappa shape index (κ1) is 32.5. The second-order valence-corrected chi connectivity index (χ2v) is 11.6. The summed E-state index contributed by atoms with van der Waals surface area (Å²) in [6.07, 6.45) is -0.626. The van der Waals surface area contributed by atoms with Crippen LogP contribution >= 0.6 is 0 Å². The van der Waals surface area contributed by atoms with Gasteiger partial charge in [0.15, 0.2) is 0 Å². The summed E-state index contributed by atoms with van der Waals surface area (Å²) in [6.45, 7) is 6.79. The number of para-hydroxylation sites is 1. The maximum Gasteiger partial charge on any atom is 0.407 e. The molecule has 0 aromatic heterocycles. The molecule has 1 unspecified atom stereocenters. The van der Waals surface area contributed by atoms with Gasteiger partial charge in [0.25, 0.3) is 5.91 Å². The summed E-state index contributed by atoms with van der Waals surface area (Å²) < 4.78 is 5.58. The van der Waals surface area contributed by atoms with Crippen LogP contribution in [0.2, 0.25) is 0 Å². The average Bonchev–Trinajstić information content (AvgIpc) is 3.33. The molecular weight excluding hydrogens is 576 g/mol. The lowest BCUT2D eigenvalue weighted by molar-refractivity contribution is -0.141. The number of hydrogen-bond acceptors (Lipinski definition) is 6. The van der Waals surface area contributed by atoms with Gasteiger partial charge < -0.3 is 20.7 Å². The van der Waals surface area contributed by atoms with Crippen molar-refractivity contribution < 1.29 is 28.7 Å². The van der Waals surface area contributed by atoms with E-state index in [9.17, 15) is 24.0 Å². The predicted molar refractivity (Wildman–Crippen MR) is 169 cm³/mol. The summed E-state index contributed by atoms with van der Waals surface area (Å²) in [4.78, 5) is 63.7. The van der Waals surface area contributed by atoms with Gasteiger partial charge in [-0.3, -0.25) is 24.7 Å². The van der Waals surface area contributed by atoms with Crippen LogP contribution in [0.3, 0.4) is 0 Å². The Kier molecular flexibility index (Phi) is 10.4. The van der Waals surface area contributed by atoms with Gasteiger partial charge in [-0.15, -0.1) is 0 Å². The molecule has 1 aliphatic rings. The topological polar surface area (TPSA) is 158 Å². The molecule has 1 aliphatic carbocycles. The third-order valence-corrected chi connectivity index (χ3v) is 6.99. The van der Waals surface area contributed by atoms with Crippen molar-refractivity contribution >= 4 is 35.5 Å². The molecule has 1 atom stereocenters. The lowest BCUT2D eigenvalue weighted by Crippen LogP contribution is -2.57. The van der Waals surface area contributed by atoms with Crippen molar-refractivity contribution in [2.24, 2.45) is 0 Å². The van der Waals surface area contributed by atoms with E-state index in [1.54, 1.807) is 51.1 Å². The fraction of sp³-hybridized carbons (Fsp3) is 0.303. The van der Waals surface area contributed by atoms with Crippen molar-refractivity contribution in [2.45, 2.75) is 45.2 Å². The van der Waals surface area contributed by atoms with Crippen LogP contribution in [0.4, 0.5) is 15.3 Å². The van der Waals surface area contributed by atoms with Gasteiger partial charge in [0.2, 0.25) is 0 Å². The number of nitrogens with one attached hydrogen (secondary N) is 5. The van der Waals surface area contributed by atoms with Crippen molar-refractivity contribution in [3.05, 3.63) is 90.0 Å². The lowest BCUT2D eigenvalue weighted by Gasteiger charge is -2.24. The highest BCUT2D eigenvalue weighted by molar-refractivity contribution is 6.35. The predicted octanol–water partition coefficient (Wildman–Crippen LogP) is 3.19. The van der Waals surface area contributed by atoms with Crippen LogP contribution in [0, 0.1) is 0 Å². The second-order valence-electron chi connectivity index (χ2n) is 11.6. The van der Waals surface area contributed by atoms with Crippen LogP contribution in [0.1, 0.15) is 44.7 Å². The maximum absolute atomic E-state index is 13.1. The van der Waals surface area contributed by atoms with Crippen LogP contribution < -0.4 is 31.7 Å². The minimum absolute atomic E-state index is 0.0508. The fourth-order valence-corrected chi connectivity index (χ4v) is 4.89. The second kappa shape index (κ2) is 14.4. The number of urea groups is 1. The van der Waals surface area contributed by atoms with Crippen molar-refractivity contribution in [3.8, 4) is 11.1 Å². The molecule has 0 saturated heterocycles. The van der Waals surface area contributed by atoms with Crippen molar-refractivity contribution in [2.75, 3.05) is 24.6 Å². The number of carbonyl (C=O) groups excluding carboxylic acids is 5. The summed E-state index contributed by atoms with van der Waals surface area (Å²) in [5.74, 6) is -2.70. The highest BCUT2D eigenvalue weighted by Gasteiger charge is 2.29. The molecule has 236 valence electrons. The fourth-order valence-electron chi connectivity index (χ4n) is 4.89. The summed E-state index contributed by atoms with van der Waals surface area (Å²) in [7, 11) is 0. The van der Waals surface area contributed by atoms with E-state index in [2.05, 4.69) is 38.9 Å². The Hall–Kier alpha value is -5.39. The van der Waals surface area contributed by atoms with Gasteiger partial charge in [-0.05, 0) is 62.1 Å². The van der Waals surface area contributed by atoms with Gasteiger partial charge >= 0.3 is 23.9 Å². The van der Waals surface area contributed by atoms with E-state index in [1.165, 1.54) is 11.8 Å². The standard InChI is InChI=1S/C33H38N6O6/c1-21(35-29(41)30(42)36-33(2,3)4)28(40)37-38-31(43)39(22-12-6-5-7-13-22)19-18-34-32(44)45-20-27-25-16-10-8-14-23(25)24-15-9-11-17-26(24)27/h5-17,21,27H,18-20H2,1-4H3,(H,34,44)(H,35,41)(H,36,42)(H,37,40)(H,38,43). The molecule has 3 aromatic carbocycles. The van der Waals surface area contributed by atoms with E-state index in [-0.39, 0.29) is 25.6 Å². The number of nitrogens with zero attached hydrogens (tertiary/aromatic N) is 1. The SMILES string of the molecule is CC(NC(=O)C(=O)NC(C)(C)C)C(=O)NNC(=O)N(CCNC(=O)OCC1c2ccccc2-c2ccccc21)c1ccccc1. The number of hydrogen-bond donors (Lipinski definition) is 5. The molecule has 5 N–H and O–H groups in total. The maximum atomic E-state index is 13.1. The zero-order chi connectivity index (χ0) is 32.6. The first-order valence-electron chi connectivity index (χ1n) is 14.6. The molecule has 0 spiro atoms. The number of amides is 6. The van der Waals surface area contributed by atoms with Gasteiger partial charge in [-0.1, -0.05) is 66.7 Å². The van der Waals surface area contributed by atoms with Gasteiger partial charge in [-0.25, -0.2) is 15.0 Å². The molecule has 0 fully saturated rings. The molecule has 0 aliphatic heterocycles. The van der Waals surface area contributed by atoms with E-state index in [0.29, 0.717) is 5.69 Å². The Balaban J connectivity index is 1.28. The highest BCUT2D eigenvalue weighted by atomic mass is 16.5. The third-order valence-electron chi connectivity index (χ3n) is 6.99. The number of ether oxygens (including phenoxy) is 1. The number of hydrazine groups is 1. The van der Waals surface area contributed by atoms with Crippen molar-refractivity contribution in [3.63, 3.8) is 0 Å². The van der Waals surface area contributed by atoms with Crippen LogP contribution in [0.5, 0.6) is 0 Å². The number of anilines is 1. The van der Waals surface area contributed by atoms with E-state index in [4.69, 9.17) is 4.74 Å². The van der Waals surface area contributed by atoms with E-state index in [1.807, 2.05) is 36.4 Å². The molecule has 3 aromatic rings. The molecule has 0 bridgehead atoms. The molecule has 6 amide bonds. The van der Waals surface area contributed by atoms with Gasteiger partial charge in [0, 0.05) is 30.2 Å². The smallest absolute Gasteiger partial charge is 0.407 e. The van der Waals surface area contributed by atoms with Gasteiger partial charge in [-0.2, -0.15) is 0 Å². The van der Waals surface area contributed by atoms with E-state index in [0.717, 1.165) is 22.3 Å². The molecule has 0 radical (unpaired) electrons. The number of benzene rings is 3. The average molecular weight is 615 g/mol. The Morgan fingerprint density at radius 2 is 1.38 bits per heavy atom. The minimum atomic E-state index is -1.12. The summed E-state index contributed by atoms with van der Waals surface area (Å²) in [5.41, 5.74) is 8.90. The van der Waals surface area contributed by atoms with E-state index < -0.39 is 41.4 Å². The van der Waals surface area contributed by atoms with Crippen LogP contribution in [-0.2, 0) is 19.1 Å². The van der Waals surface area contributed by atoms with E-state index >= 15 is 0 Å². The number of rotatable bonds is 8. The number of fused-ring (bicyclic) bond motifs is 3. The van der Waals surface area contributed by atoms with Crippen LogP contribution in [0.25, 0.3) is 11.1 Å². The summed E-state index contributed by atoms with van der Waals surface area (Å²) in [5, 5.41) is 7.48. The monoisotopic (exact) mass is 614 g/mol. The third kappa shape index (κ3) is 8.59. The van der Waals surface area contributed by atoms with Gasteiger partial charge in [0.05, 0.1) is 0 Å². The van der Waals surface area contributed by atoms with Crippen molar-refractivity contribution in [1.29, 1.82) is 0 Å². The first-order valence-corrected chi connectivity index (χ1v) is 14.6. The summed E-state index contributed by atoms with van der Waals surface area (Å²) in [6, 6.07) is 23.0. The Morgan fingerprint density at radius 1 is 0.800 bits per heavy atom. The first-order chi connectivity index (χ1) is 21.4. The Bertz CT molecular complexity index is 1510. The molecule has 12 nitrogen and oxygen atoms in total. The van der Waals surface area contributed by atoms with Gasteiger partial charge in [0.1, 0.15) is 12.6 Å². The zero-order valence-corrected chi connectivity index (χ0v) is 25.7. The molecule has 0 saturated carbocycles. The minimum Gasteiger partial charge on any atom is -0.449 e. The molecular formula is C33H38N6O6. The quantitative estimate of drug-likeness (QED) is 0.194. The van der Waals surface area contributed by atoms with Crippen LogP contribution in [0.15, 0.2) is 78.9 Å². The van der Waals surface area contributed by atoms with Crippen molar-refractivity contribution in [1.82, 2.24) is 26.8 Å². The molecule has 12 heteroatoms. The van der Waals surface area contributed by atoms with Crippen LogP contribution in [-0.4, -0.2) is 61.1 Å². The normalized spacial score (nSPS) is 12.5.